The summed E-state index contributed by atoms with van der Waals surface area (Å²) in [5.41, 5.74) is 3.29. The average Bonchev–Trinajstić information content (AvgIpc) is 2.76. The lowest BCUT2D eigenvalue weighted by molar-refractivity contribution is -0.145. The monoisotopic (exact) mass is 495 g/mol. The van der Waals surface area contributed by atoms with Crippen molar-refractivity contribution in [3.63, 3.8) is 0 Å². The second-order valence-corrected chi connectivity index (χ2v) is 7.19. The van der Waals surface area contributed by atoms with E-state index in [1.54, 1.807) is 38.1 Å². The van der Waals surface area contributed by atoms with Crippen LogP contribution >= 0.6 is 23.2 Å². The Kier molecular flexibility index (Phi) is 10.5. The molecule has 2 aromatic rings. The molecule has 9 nitrogen and oxygen atoms in total. The van der Waals surface area contributed by atoms with Gasteiger partial charge < -0.3 is 19.5 Å². The van der Waals surface area contributed by atoms with Crippen molar-refractivity contribution in [2.24, 2.45) is 5.10 Å². The third-order valence-corrected chi connectivity index (χ3v) is 4.58. The van der Waals surface area contributed by atoms with E-state index in [-0.39, 0.29) is 18.2 Å². The van der Waals surface area contributed by atoms with E-state index >= 15 is 0 Å². The minimum atomic E-state index is -0.608. The number of nitrogens with one attached hydrogen (secondary N) is 2. The zero-order valence-corrected chi connectivity index (χ0v) is 19.5. The highest BCUT2D eigenvalue weighted by atomic mass is 35.5. The number of esters is 1. The molecule has 0 radical (unpaired) electrons. The van der Waals surface area contributed by atoms with Gasteiger partial charge in [-0.3, -0.25) is 9.59 Å². The van der Waals surface area contributed by atoms with Crippen molar-refractivity contribution in [1.82, 2.24) is 5.43 Å². The van der Waals surface area contributed by atoms with Crippen molar-refractivity contribution in [3.05, 3.63) is 52.0 Å². The normalized spacial score (nSPS) is 10.5. The molecule has 0 aromatic heterocycles. The van der Waals surface area contributed by atoms with Gasteiger partial charge in [0, 0.05) is 5.69 Å². The molecule has 2 rings (SSSR count). The Hall–Kier alpha value is -3.30. The molecule has 0 spiro atoms. The average molecular weight is 496 g/mol. The minimum Gasteiger partial charge on any atom is -0.490 e. The summed E-state index contributed by atoms with van der Waals surface area (Å²) in [6.45, 7) is 3.90. The first-order valence-corrected chi connectivity index (χ1v) is 10.7. The molecule has 0 saturated carbocycles. The molecule has 176 valence electrons. The van der Waals surface area contributed by atoms with E-state index in [2.05, 4.69) is 15.8 Å². The van der Waals surface area contributed by atoms with Crippen LogP contribution < -0.4 is 20.2 Å². The summed E-state index contributed by atoms with van der Waals surface area (Å²) in [7, 11) is 0. The summed E-state index contributed by atoms with van der Waals surface area (Å²) in [6.07, 6.45) is 0.939. The van der Waals surface area contributed by atoms with E-state index in [4.69, 9.17) is 37.4 Å². The van der Waals surface area contributed by atoms with Crippen LogP contribution in [0.4, 0.5) is 5.69 Å². The molecule has 33 heavy (non-hydrogen) atoms. The van der Waals surface area contributed by atoms with E-state index in [1.165, 1.54) is 18.3 Å². The third kappa shape index (κ3) is 8.99. The third-order valence-electron chi connectivity index (χ3n) is 3.85. The number of hydrogen-bond acceptors (Lipinski definition) is 7. The van der Waals surface area contributed by atoms with Gasteiger partial charge in [-0.05, 0) is 55.8 Å². The minimum absolute atomic E-state index is 0.248. The van der Waals surface area contributed by atoms with Gasteiger partial charge in [-0.2, -0.15) is 5.10 Å². The number of nitrogens with zero attached hydrogens (tertiary/aromatic N) is 1. The number of halogens is 2. The SMILES string of the molecule is CCOC(=O)COc1ccc(C=NNC(=O)CC(=O)Nc2ccc(Cl)c(Cl)c2)cc1OCC. The van der Waals surface area contributed by atoms with Crippen LogP contribution in [0.3, 0.4) is 0 Å². The number of hydrazone groups is 1. The molecule has 0 saturated heterocycles. The van der Waals surface area contributed by atoms with Gasteiger partial charge in [0.15, 0.2) is 18.1 Å². The van der Waals surface area contributed by atoms with Gasteiger partial charge in [-0.1, -0.05) is 23.2 Å². The standard InChI is InChI=1S/C22H23Cl2N3O6/c1-3-31-19-9-14(5-8-18(19)33-13-22(30)32-4-2)12-25-27-21(29)11-20(28)26-15-6-7-16(23)17(24)10-15/h5-10,12H,3-4,11,13H2,1-2H3,(H,26,28)(H,27,29). The number of benzene rings is 2. The maximum absolute atomic E-state index is 12.0. The van der Waals surface area contributed by atoms with Crippen molar-refractivity contribution in [2.45, 2.75) is 20.3 Å². The van der Waals surface area contributed by atoms with Crippen LogP contribution in [0.15, 0.2) is 41.5 Å². The van der Waals surface area contributed by atoms with Gasteiger partial charge in [-0.15, -0.1) is 0 Å². The first-order valence-electron chi connectivity index (χ1n) is 9.94. The fourth-order valence-electron chi connectivity index (χ4n) is 2.48. The van der Waals surface area contributed by atoms with Crippen LogP contribution in [0.25, 0.3) is 0 Å². The van der Waals surface area contributed by atoms with Gasteiger partial charge in [0.1, 0.15) is 6.42 Å². The lowest BCUT2D eigenvalue weighted by Gasteiger charge is -2.12. The first kappa shape index (κ1) is 26.0. The fraction of sp³-hybridized carbons (Fsp3) is 0.273. The van der Waals surface area contributed by atoms with E-state index in [1.807, 2.05) is 0 Å². The lowest BCUT2D eigenvalue weighted by Crippen LogP contribution is -2.24. The highest BCUT2D eigenvalue weighted by Crippen LogP contribution is 2.28. The van der Waals surface area contributed by atoms with E-state index < -0.39 is 24.2 Å². The van der Waals surface area contributed by atoms with Gasteiger partial charge in [0.2, 0.25) is 11.8 Å². The molecule has 2 amide bonds. The molecule has 0 unspecified atom stereocenters. The topological polar surface area (TPSA) is 115 Å². The molecule has 0 fully saturated rings. The zero-order chi connectivity index (χ0) is 24.2. The maximum atomic E-state index is 12.0. The molecular formula is C22H23Cl2N3O6. The van der Waals surface area contributed by atoms with Crippen molar-refractivity contribution < 1.29 is 28.6 Å². The predicted octanol–water partition coefficient (Wildman–Crippen LogP) is 3.81. The predicted molar refractivity (Wildman–Crippen MR) is 125 cm³/mol. The van der Waals surface area contributed by atoms with E-state index in [9.17, 15) is 14.4 Å². The first-order chi connectivity index (χ1) is 15.8. The Morgan fingerprint density at radius 3 is 2.42 bits per heavy atom. The number of hydrogen-bond donors (Lipinski definition) is 2. The van der Waals surface area contributed by atoms with Gasteiger partial charge in [0.25, 0.3) is 0 Å². The summed E-state index contributed by atoms with van der Waals surface area (Å²) in [4.78, 5) is 35.4. The van der Waals surface area contributed by atoms with Crippen molar-refractivity contribution >= 4 is 52.9 Å². The smallest absolute Gasteiger partial charge is 0.344 e. The molecule has 0 aliphatic carbocycles. The Balaban J connectivity index is 1.90. The summed E-state index contributed by atoms with van der Waals surface area (Å²) < 4.78 is 15.8. The number of ether oxygens (including phenoxy) is 3. The number of carbonyl (C=O) groups excluding carboxylic acids is 3. The summed E-state index contributed by atoms with van der Waals surface area (Å²) in [6, 6.07) is 9.49. The largest absolute Gasteiger partial charge is 0.490 e. The summed E-state index contributed by atoms with van der Waals surface area (Å²) in [5, 5.41) is 7.03. The van der Waals surface area contributed by atoms with E-state index in [0.29, 0.717) is 34.4 Å². The zero-order valence-electron chi connectivity index (χ0n) is 18.0. The summed E-state index contributed by atoms with van der Waals surface area (Å²) in [5.74, 6) is -0.870. The maximum Gasteiger partial charge on any atom is 0.344 e. The molecule has 2 aromatic carbocycles. The number of anilines is 1. The molecule has 0 heterocycles. The second kappa shape index (κ2) is 13.3. The van der Waals surface area contributed by atoms with Crippen LogP contribution in [-0.4, -0.2) is 43.8 Å². The van der Waals surface area contributed by atoms with Crippen molar-refractivity contribution in [3.8, 4) is 11.5 Å². The second-order valence-electron chi connectivity index (χ2n) is 6.38. The molecule has 11 heteroatoms. The van der Waals surface area contributed by atoms with Crippen LogP contribution in [0.5, 0.6) is 11.5 Å². The number of amides is 2. The molecule has 0 aliphatic rings. The van der Waals surface area contributed by atoms with Crippen molar-refractivity contribution in [1.29, 1.82) is 0 Å². The van der Waals surface area contributed by atoms with Crippen molar-refractivity contribution in [2.75, 3.05) is 25.1 Å². The molecule has 2 N–H and O–H groups in total. The van der Waals surface area contributed by atoms with Crippen LogP contribution in [0.1, 0.15) is 25.8 Å². The molecular weight excluding hydrogens is 473 g/mol. The van der Waals surface area contributed by atoms with Gasteiger partial charge >= 0.3 is 5.97 Å². The van der Waals surface area contributed by atoms with Crippen LogP contribution in [0, 0.1) is 0 Å². The van der Waals surface area contributed by atoms with Gasteiger partial charge in [0.05, 0.1) is 29.5 Å². The van der Waals surface area contributed by atoms with Crippen LogP contribution in [-0.2, 0) is 19.1 Å². The molecule has 0 aliphatic heterocycles. The quantitative estimate of drug-likeness (QED) is 0.212. The molecule has 0 bridgehead atoms. The number of carbonyl (C=O) groups is 3. The highest BCUT2D eigenvalue weighted by Gasteiger charge is 2.11. The Morgan fingerprint density at radius 1 is 0.939 bits per heavy atom. The van der Waals surface area contributed by atoms with E-state index in [0.717, 1.165) is 0 Å². The fourth-order valence-corrected chi connectivity index (χ4v) is 2.77. The number of rotatable bonds is 11. The highest BCUT2D eigenvalue weighted by molar-refractivity contribution is 6.42. The van der Waals surface area contributed by atoms with Gasteiger partial charge in [-0.25, -0.2) is 10.2 Å². The Bertz CT molecular complexity index is 1030. The Labute approximate surface area is 201 Å². The lowest BCUT2D eigenvalue weighted by atomic mass is 10.2. The van der Waals surface area contributed by atoms with Crippen LogP contribution in [0.2, 0.25) is 10.0 Å². The molecule has 0 atom stereocenters. The Morgan fingerprint density at radius 2 is 1.73 bits per heavy atom. The summed E-state index contributed by atoms with van der Waals surface area (Å²) >= 11 is 11.7.